The lowest BCUT2D eigenvalue weighted by atomic mass is 10.4. The van der Waals surface area contributed by atoms with Crippen LogP contribution >= 0.6 is 0 Å². The zero-order valence-corrected chi connectivity index (χ0v) is 5.15. The molecule has 52 valence electrons. The molecule has 0 N–H and O–H groups in total. The molecule has 4 nitrogen and oxygen atoms in total. The molecule has 0 unspecified atom stereocenters. The Bertz CT molecular complexity index is 264. The maximum atomic E-state index is 10.2. The van der Waals surface area contributed by atoms with Crippen LogP contribution in [0.3, 0.4) is 0 Å². The van der Waals surface area contributed by atoms with Gasteiger partial charge in [0.25, 0.3) is 0 Å². The molecular weight excluding hydrogens is 132 g/mol. The molecule has 0 saturated carbocycles. The van der Waals surface area contributed by atoms with Gasteiger partial charge in [0.1, 0.15) is 0 Å². The molecule has 10 heavy (non-hydrogen) atoms. The average molecular weight is 137 g/mol. The molecule has 1 heterocycles. The molecule has 0 aliphatic rings. The zero-order chi connectivity index (χ0) is 7.56. The van der Waals surface area contributed by atoms with Crippen molar-refractivity contribution >= 4 is 12.2 Å². The summed E-state index contributed by atoms with van der Waals surface area (Å²) in [5, 5.41) is 13.9. The van der Waals surface area contributed by atoms with E-state index in [4.69, 9.17) is 0 Å². The van der Waals surface area contributed by atoms with Crippen molar-refractivity contribution in [1.29, 1.82) is 0 Å². The summed E-state index contributed by atoms with van der Waals surface area (Å²) >= 11 is 0. The van der Waals surface area contributed by atoms with Crippen LogP contribution in [-0.2, 0) is 0 Å². The monoisotopic (exact) mass is 137 g/mol. The van der Waals surface area contributed by atoms with E-state index in [2.05, 4.69) is 11.7 Å². The van der Waals surface area contributed by atoms with Crippen LogP contribution in [0.4, 0.5) is 0 Å². The van der Waals surface area contributed by atoms with Gasteiger partial charge in [0.2, 0.25) is 0 Å². The van der Waals surface area contributed by atoms with E-state index in [0.717, 1.165) is 4.68 Å². The Labute approximate surface area is 57.4 Å². The van der Waals surface area contributed by atoms with Gasteiger partial charge in [0.05, 0.1) is 17.9 Å². The third kappa shape index (κ3) is 0.907. The number of carboxylic acid groups (broad SMARTS) is 1. The van der Waals surface area contributed by atoms with Gasteiger partial charge in [-0.2, -0.15) is 5.10 Å². The fourth-order valence-corrected chi connectivity index (χ4v) is 0.621. The SMILES string of the molecule is C=Cn1nccc1C(=O)[O-]. The van der Waals surface area contributed by atoms with Gasteiger partial charge in [-0.15, -0.1) is 0 Å². The second kappa shape index (κ2) is 2.34. The Morgan fingerprint density at radius 1 is 1.90 bits per heavy atom. The fraction of sp³-hybridized carbons (Fsp3) is 0. The first-order valence-corrected chi connectivity index (χ1v) is 2.63. The van der Waals surface area contributed by atoms with Crippen LogP contribution in [0.25, 0.3) is 6.20 Å². The van der Waals surface area contributed by atoms with Crippen molar-refractivity contribution in [2.75, 3.05) is 0 Å². The molecule has 4 heteroatoms. The highest BCUT2D eigenvalue weighted by Crippen LogP contribution is 1.95. The van der Waals surface area contributed by atoms with Gasteiger partial charge < -0.3 is 9.90 Å². The molecule has 0 fully saturated rings. The Morgan fingerprint density at radius 3 is 3.00 bits per heavy atom. The quantitative estimate of drug-likeness (QED) is 0.544. The third-order valence-corrected chi connectivity index (χ3v) is 1.05. The highest BCUT2D eigenvalue weighted by molar-refractivity contribution is 5.84. The Kier molecular flexibility index (Phi) is 1.53. The van der Waals surface area contributed by atoms with E-state index in [1.807, 2.05) is 0 Å². The maximum Gasteiger partial charge on any atom is 0.0901 e. The predicted molar refractivity (Wildman–Crippen MR) is 32.9 cm³/mol. The summed E-state index contributed by atoms with van der Waals surface area (Å²) in [6.07, 6.45) is 2.66. The lowest BCUT2D eigenvalue weighted by Crippen LogP contribution is -2.24. The van der Waals surface area contributed by atoms with Crippen LogP contribution in [0.1, 0.15) is 10.5 Å². The first-order valence-electron chi connectivity index (χ1n) is 2.63. The summed E-state index contributed by atoms with van der Waals surface area (Å²) in [6.45, 7) is 3.36. The minimum absolute atomic E-state index is 0.00926. The average Bonchev–Trinajstić information content (AvgIpc) is 2.33. The molecule has 0 spiro atoms. The first-order chi connectivity index (χ1) is 4.75. The number of hydrogen-bond donors (Lipinski definition) is 0. The van der Waals surface area contributed by atoms with E-state index in [-0.39, 0.29) is 5.69 Å². The zero-order valence-electron chi connectivity index (χ0n) is 5.15. The summed E-state index contributed by atoms with van der Waals surface area (Å²) in [5.41, 5.74) is 0.00926. The standard InChI is InChI=1S/C6H6N2O2/c1-2-8-5(6(9)10)3-4-7-8/h2-4H,1H2,(H,9,10)/p-1. The van der Waals surface area contributed by atoms with E-state index in [0.29, 0.717) is 0 Å². The van der Waals surface area contributed by atoms with E-state index >= 15 is 0 Å². The molecule has 1 aromatic heterocycles. The second-order valence-electron chi connectivity index (χ2n) is 1.63. The lowest BCUT2D eigenvalue weighted by Gasteiger charge is -2.00. The van der Waals surface area contributed by atoms with Crippen LogP contribution in [-0.4, -0.2) is 15.7 Å². The number of carbonyl (C=O) groups excluding carboxylic acids is 1. The summed E-state index contributed by atoms with van der Waals surface area (Å²) in [6, 6.07) is 1.34. The Balaban J connectivity index is 3.13. The number of rotatable bonds is 2. The van der Waals surface area contributed by atoms with Gasteiger partial charge in [-0.3, -0.25) is 0 Å². The van der Waals surface area contributed by atoms with Crippen molar-refractivity contribution in [3.63, 3.8) is 0 Å². The molecule has 0 saturated heterocycles. The third-order valence-electron chi connectivity index (χ3n) is 1.05. The molecule has 0 bridgehead atoms. The minimum Gasteiger partial charge on any atom is -0.543 e. The minimum atomic E-state index is -1.25. The topological polar surface area (TPSA) is 58.0 Å². The van der Waals surface area contributed by atoms with Crippen LogP contribution in [0.2, 0.25) is 0 Å². The van der Waals surface area contributed by atoms with Crippen molar-refractivity contribution in [2.24, 2.45) is 0 Å². The van der Waals surface area contributed by atoms with Gasteiger partial charge in [0, 0.05) is 6.20 Å². The number of aromatic carboxylic acids is 1. The van der Waals surface area contributed by atoms with E-state index in [1.165, 1.54) is 18.5 Å². The summed E-state index contributed by atoms with van der Waals surface area (Å²) in [4.78, 5) is 10.2. The summed E-state index contributed by atoms with van der Waals surface area (Å²) in [7, 11) is 0. The lowest BCUT2D eigenvalue weighted by molar-refractivity contribution is -0.255. The summed E-state index contributed by atoms with van der Waals surface area (Å²) in [5.74, 6) is -1.25. The predicted octanol–water partition coefficient (Wildman–Crippen LogP) is -0.653. The number of hydrogen-bond acceptors (Lipinski definition) is 3. The van der Waals surface area contributed by atoms with Crippen molar-refractivity contribution in [1.82, 2.24) is 9.78 Å². The van der Waals surface area contributed by atoms with Crippen molar-refractivity contribution in [3.8, 4) is 0 Å². The van der Waals surface area contributed by atoms with Gasteiger partial charge in [-0.1, -0.05) is 6.58 Å². The molecule has 1 rings (SSSR count). The molecule has 0 atom stereocenters. The molecule has 0 aromatic carbocycles. The first kappa shape index (κ1) is 6.54. The van der Waals surface area contributed by atoms with Gasteiger partial charge in [-0.05, 0) is 6.07 Å². The van der Waals surface area contributed by atoms with E-state index in [1.54, 1.807) is 0 Å². The van der Waals surface area contributed by atoms with Crippen molar-refractivity contribution < 1.29 is 9.90 Å². The molecule has 0 aliphatic carbocycles. The van der Waals surface area contributed by atoms with Gasteiger partial charge in [-0.25, -0.2) is 4.68 Å². The fourth-order valence-electron chi connectivity index (χ4n) is 0.621. The molecule has 0 radical (unpaired) electrons. The van der Waals surface area contributed by atoms with Crippen molar-refractivity contribution in [3.05, 3.63) is 24.5 Å². The Hall–Kier alpha value is -1.58. The van der Waals surface area contributed by atoms with E-state index < -0.39 is 5.97 Å². The highest BCUT2D eigenvalue weighted by Gasteiger charge is 1.97. The smallest absolute Gasteiger partial charge is 0.0901 e. The number of aromatic nitrogens is 2. The normalized spacial score (nSPS) is 9.20. The second-order valence-corrected chi connectivity index (χ2v) is 1.63. The molecule has 0 amide bonds. The molecule has 0 aliphatic heterocycles. The largest absolute Gasteiger partial charge is 0.543 e. The number of carbonyl (C=O) groups is 1. The van der Waals surface area contributed by atoms with Gasteiger partial charge >= 0.3 is 0 Å². The van der Waals surface area contributed by atoms with Crippen LogP contribution in [0, 0.1) is 0 Å². The highest BCUT2D eigenvalue weighted by atomic mass is 16.4. The number of carboxylic acids is 1. The van der Waals surface area contributed by atoms with Crippen molar-refractivity contribution in [2.45, 2.75) is 0 Å². The van der Waals surface area contributed by atoms with Crippen LogP contribution < -0.4 is 5.11 Å². The van der Waals surface area contributed by atoms with E-state index in [9.17, 15) is 9.90 Å². The molecule has 1 aromatic rings. The van der Waals surface area contributed by atoms with Crippen LogP contribution in [0.5, 0.6) is 0 Å². The summed E-state index contributed by atoms with van der Waals surface area (Å²) < 4.78 is 1.13. The Morgan fingerprint density at radius 2 is 2.60 bits per heavy atom. The molecular formula is C6H5N2O2-. The van der Waals surface area contributed by atoms with Gasteiger partial charge in [0.15, 0.2) is 0 Å². The maximum absolute atomic E-state index is 10.2. The number of nitrogens with zero attached hydrogens (tertiary/aromatic N) is 2. The van der Waals surface area contributed by atoms with Crippen LogP contribution in [0.15, 0.2) is 18.8 Å².